The number of aromatic hydroxyl groups is 2. The Kier molecular flexibility index (Phi) is 5.04. The Bertz CT molecular complexity index is 839. The van der Waals surface area contributed by atoms with Gasteiger partial charge < -0.3 is 29.9 Å². The van der Waals surface area contributed by atoms with Gasteiger partial charge in [0.15, 0.2) is 23.0 Å². The summed E-state index contributed by atoms with van der Waals surface area (Å²) in [6, 6.07) is 8.62. The number of methoxy groups -OCH3 is 2. The predicted molar refractivity (Wildman–Crippen MR) is 97.1 cm³/mol. The highest BCUT2D eigenvalue weighted by Gasteiger charge is 2.58. The van der Waals surface area contributed by atoms with Crippen molar-refractivity contribution in [2.45, 2.75) is 11.8 Å². The van der Waals surface area contributed by atoms with Crippen molar-refractivity contribution in [3.8, 4) is 23.0 Å². The number of ether oxygens (including phenoxy) is 2. The summed E-state index contributed by atoms with van der Waals surface area (Å²) in [4.78, 5) is 24.0. The van der Waals surface area contributed by atoms with E-state index in [1.165, 1.54) is 50.6 Å². The zero-order valence-electron chi connectivity index (χ0n) is 15.2. The van der Waals surface area contributed by atoms with E-state index in [-0.39, 0.29) is 23.0 Å². The minimum Gasteiger partial charge on any atom is -0.504 e. The number of phenolic OH excluding ortho intramolecular Hbond substituents is 2. The number of hydrogen-bond donors (Lipinski definition) is 4. The highest BCUT2D eigenvalue weighted by atomic mass is 16.5. The molecule has 8 nitrogen and oxygen atoms in total. The molecule has 1 aliphatic carbocycles. The molecule has 0 saturated heterocycles. The maximum Gasteiger partial charge on any atom is 0.307 e. The molecule has 0 unspecified atom stereocenters. The third kappa shape index (κ3) is 3.06. The van der Waals surface area contributed by atoms with Crippen molar-refractivity contribution in [2.24, 2.45) is 11.8 Å². The van der Waals surface area contributed by atoms with Crippen LogP contribution in [0.2, 0.25) is 0 Å². The van der Waals surface area contributed by atoms with Crippen LogP contribution in [0.15, 0.2) is 36.4 Å². The minimum absolute atomic E-state index is 0.121. The van der Waals surface area contributed by atoms with Gasteiger partial charge in [0.05, 0.1) is 26.1 Å². The van der Waals surface area contributed by atoms with Crippen molar-refractivity contribution in [1.29, 1.82) is 0 Å². The van der Waals surface area contributed by atoms with E-state index in [0.29, 0.717) is 11.1 Å². The van der Waals surface area contributed by atoms with Crippen LogP contribution >= 0.6 is 0 Å². The third-order valence-electron chi connectivity index (χ3n) is 5.30. The summed E-state index contributed by atoms with van der Waals surface area (Å²) < 4.78 is 10.1. The summed E-state index contributed by atoms with van der Waals surface area (Å²) in [7, 11) is 2.71. The van der Waals surface area contributed by atoms with E-state index in [2.05, 4.69) is 0 Å². The molecule has 1 aliphatic rings. The second-order valence-corrected chi connectivity index (χ2v) is 6.64. The van der Waals surface area contributed by atoms with Gasteiger partial charge in [0.1, 0.15) is 0 Å². The van der Waals surface area contributed by atoms with Crippen LogP contribution in [-0.4, -0.2) is 46.6 Å². The quantitative estimate of drug-likeness (QED) is 0.593. The molecule has 1 saturated carbocycles. The van der Waals surface area contributed by atoms with Gasteiger partial charge in [-0.2, -0.15) is 0 Å². The average molecular weight is 388 g/mol. The fourth-order valence-electron chi connectivity index (χ4n) is 3.99. The lowest BCUT2D eigenvalue weighted by molar-refractivity contribution is -0.159. The first-order valence-electron chi connectivity index (χ1n) is 8.49. The van der Waals surface area contributed by atoms with Crippen molar-refractivity contribution in [3.05, 3.63) is 47.5 Å². The van der Waals surface area contributed by atoms with Crippen molar-refractivity contribution < 1.29 is 39.5 Å². The van der Waals surface area contributed by atoms with E-state index >= 15 is 0 Å². The van der Waals surface area contributed by atoms with Crippen LogP contribution in [0.5, 0.6) is 23.0 Å². The second-order valence-electron chi connectivity index (χ2n) is 6.64. The van der Waals surface area contributed by atoms with Gasteiger partial charge in [-0.05, 0) is 35.4 Å². The number of benzene rings is 2. The molecule has 0 aliphatic heterocycles. The molecule has 4 N–H and O–H groups in total. The van der Waals surface area contributed by atoms with Crippen LogP contribution in [0.4, 0.5) is 0 Å². The van der Waals surface area contributed by atoms with Gasteiger partial charge >= 0.3 is 11.9 Å². The highest BCUT2D eigenvalue weighted by Crippen LogP contribution is 2.58. The summed E-state index contributed by atoms with van der Waals surface area (Å²) in [6.07, 6.45) is 0. The molecule has 0 bridgehead atoms. The Morgan fingerprint density at radius 2 is 1.11 bits per heavy atom. The molecule has 0 amide bonds. The molecular formula is C20H20O8. The fourth-order valence-corrected chi connectivity index (χ4v) is 3.99. The van der Waals surface area contributed by atoms with Crippen LogP contribution in [0, 0.1) is 11.8 Å². The first-order chi connectivity index (χ1) is 13.3. The third-order valence-corrected chi connectivity index (χ3v) is 5.30. The van der Waals surface area contributed by atoms with E-state index in [4.69, 9.17) is 9.47 Å². The maximum absolute atomic E-state index is 12.0. The first kappa shape index (κ1) is 19.3. The molecular weight excluding hydrogens is 368 g/mol. The van der Waals surface area contributed by atoms with Crippen LogP contribution in [0.25, 0.3) is 0 Å². The van der Waals surface area contributed by atoms with Crippen molar-refractivity contribution >= 4 is 11.9 Å². The van der Waals surface area contributed by atoms with Crippen LogP contribution in [0.1, 0.15) is 23.0 Å². The summed E-state index contributed by atoms with van der Waals surface area (Å²) in [5.74, 6) is -5.87. The largest absolute Gasteiger partial charge is 0.504 e. The number of carboxylic acid groups (broad SMARTS) is 2. The Hall–Kier alpha value is -3.42. The number of hydrogen-bond acceptors (Lipinski definition) is 6. The zero-order valence-corrected chi connectivity index (χ0v) is 15.2. The number of phenols is 2. The van der Waals surface area contributed by atoms with E-state index in [9.17, 15) is 30.0 Å². The zero-order chi connectivity index (χ0) is 20.6. The van der Waals surface area contributed by atoms with Crippen molar-refractivity contribution in [2.75, 3.05) is 14.2 Å². The standard InChI is InChI=1S/C20H20O8/c1-27-13-7-9(3-5-11(13)21)15-17(19(23)24)16(18(15)20(25)26)10-4-6-12(22)14(8-10)28-2/h3-8,15-18,21-22H,1-2H3,(H,23,24)(H,25,26). The van der Waals surface area contributed by atoms with Gasteiger partial charge in [0.2, 0.25) is 0 Å². The molecule has 3 rings (SSSR count). The fraction of sp³-hybridized carbons (Fsp3) is 0.300. The van der Waals surface area contributed by atoms with Crippen molar-refractivity contribution in [3.63, 3.8) is 0 Å². The molecule has 2 aromatic rings. The average Bonchev–Trinajstić information content (AvgIpc) is 2.62. The topological polar surface area (TPSA) is 134 Å². The summed E-state index contributed by atoms with van der Waals surface area (Å²) >= 11 is 0. The summed E-state index contributed by atoms with van der Waals surface area (Å²) in [5.41, 5.74) is 0.910. The Balaban J connectivity index is 2.08. The smallest absolute Gasteiger partial charge is 0.307 e. The molecule has 0 radical (unpaired) electrons. The normalized spacial score (nSPS) is 23.5. The lowest BCUT2D eigenvalue weighted by Crippen LogP contribution is -2.50. The number of aliphatic carboxylic acids is 2. The molecule has 28 heavy (non-hydrogen) atoms. The molecule has 8 heteroatoms. The monoisotopic (exact) mass is 388 g/mol. The molecule has 0 atom stereocenters. The van der Waals surface area contributed by atoms with E-state index in [1.54, 1.807) is 0 Å². The van der Waals surface area contributed by atoms with Crippen LogP contribution < -0.4 is 9.47 Å². The molecule has 1 fully saturated rings. The Morgan fingerprint density at radius 3 is 1.39 bits per heavy atom. The van der Waals surface area contributed by atoms with Gasteiger partial charge in [0.25, 0.3) is 0 Å². The van der Waals surface area contributed by atoms with E-state index in [1.807, 2.05) is 0 Å². The van der Waals surface area contributed by atoms with Gasteiger partial charge in [-0.15, -0.1) is 0 Å². The highest BCUT2D eigenvalue weighted by molar-refractivity contribution is 5.83. The van der Waals surface area contributed by atoms with Gasteiger partial charge in [-0.3, -0.25) is 9.59 Å². The summed E-state index contributed by atoms with van der Waals surface area (Å²) in [6.45, 7) is 0. The number of carboxylic acids is 2. The Labute approximate surface area is 160 Å². The van der Waals surface area contributed by atoms with Gasteiger partial charge in [-0.1, -0.05) is 12.1 Å². The molecule has 0 heterocycles. The number of rotatable bonds is 6. The molecule has 2 aromatic carbocycles. The van der Waals surface area contributed by atoms with Crippen LogP contribution in [-0.2, 0) is 9.59 Å². The Morgan fingerprint density at radius 1 is 0.750 bits per heavy atom. The first-order valence-corrected chi connectivity index (χ1v) is 8.49. The lowest BCUT2D eigenvalue weighted by atomic mass is 9.52. The van der Waals surface area contributed by atoms with E-state index < -0.39 is 35.6 Å². The van der Waals surface area contributed by atoms with Gasteiger partial charge in [-0.25, -0.2) is 0 Å². The predicted octanol–water partition coefficient (Wildman–Crippen LogP) is 2.40. The molecule has 0 spiro atoms. The SMILES string of the molecule is COc1cc(C2C(C(=O)O)C(c3ccc(O)c(OC)c3)C2C(=O)O)ccc1O. The van der Waals surface area contributed by atoms with Crippen LogP contribution in [0.3, 0.4) is 0 Å². The van der Waals surface area contributed by atoms with E-state index in [0.717, 1.165) is 0 Å². The maximum atomic E-state index is 12.0. The lowest BCUT2D eigenvalue weighted by Gasteiger charge is -2.48. The van der Waals surface area contributed by atoms with Gasteiger partial charge in [0, 0.05) is 11.8 Å². The second kappa shape index (κ2) is 7.30. The number of carbonyl (C=O) groups is 2. The summed E-state index contributed by atoms with van der Waals surface area (Å²) in [5, 5.41) is 39.2. The minimum atomic E-state index is -1.13. The molecule has 0 aromatic heterocycles. The van der Waals surface area contributed by atoms with Crippen molar-refractivity contribution in [1.82, 2.24) is 0 Å². The molecule has 148 valence electrons.